The lowest BCUT2D eigenvalue weighted by Gasteiger charge is -2.18. The fourth-order valence-corrected chi connectivity index (χ4v) is 3.47. The lowest BCUT2D eigenvalue weighted by Crippen LogP contribution is -2.20. The Labute approximate surface area is 135 Å². The molecule has 2 N–H and O–H groups in total. The Hall–Kier alpha value is -1.55. The van der Waals surface area contributed by atoms with Crippen LogP contribution in [-0.2, 0) is 6.54 Å². The third kappa shape index (κ3) is 3.27. The van der Waals surface area contributed by atoms with Crippen LogP contribution in [0, 0.1) is 5.92 Å². The predicted octanol–water partition coefficient (Wildman–Crippen LogP) is 3.25. The predicted molar refractivity (Wildman–Crippen MR) is 88.2 cm³/mol. The maximum atomic E-state index is 10.2. The molecule has 0 saturated carbocycles. The number of halogens is 1. The summed E-state index contributed by atoms with van der Waals surface area (Å²) in [6.45, 7) is 2.65. The molecule has 3 nitrogen and oxygen atoms in total. The van der Waals surface area contributed by atoms with Crippen molar-refractivity contribution in [2.24, 2.45) is 5.92 Å². The van der Waals surface area contributed by atoms with Crippen LogP contribution in [0.4, 0.5) is 0 Å². The number of hydrogen-bond acceptors (Lipinski definition) is 3. The van der Waals surface area contributed by atoms with Crippen LogP contribution in [0.25, 0.3) is 0 Å². The maximum absolute atomic E-state index is 10.2. The molecule has 1 saturated heterocycles. The number of likely N-dealkylation sites (tertiary alicyclic amines) is 1. The molecule has 3 rings (SSSR count). The first-order valence-corrected chi connectivity index (χ1v) is 7.90. The number of aliphatic hydroxyl groups excluding tert-OH is 1. The third-order valence-corrected chi connectivity index (χ3v) is 4.63. The van der Waals surface area contributed by atoms with Gasteiger partial charge in [-0.05, 0) is 23.3 Å². The van der Waals surface area contributed by atoms with Crippen LogP contribution >= 0.6 is 11.6 Å². The van der Waals surface area contributed by atoms with E-state index in [4.69, 9.17) is 11.6 Å². The molecule has 22 heavy (non-hydrogen) atoms. The summed E-state index contributed by atoms with van der Waals surface area (Å²) < 4.78 is 0. The molecule has 0 radical (unpaired) electrons. The van der Waals surface area contributed by atoms with Crippen molar-refractivity contribution in [3.63, 3.8) is 0 Å². The van der Waals surface area contributed by atoms with Crippen molar-refractivity contribution in [2.45, 2.75) is 12.5 Å². The van der Waals surface area contributed by atoms with Gasteiger partial charge < -0.3 is 10.2 Å². The molecule has 1 aliphatic rings. The monoisotopic (exact) mass is 317 g/mol. The Morgan fingerprint density at radius 3 is 2.55 bits per heavy atom. The number of benzene rings is 2. The minimum Gasteiger partial charge on any atom is -0.508 e. The molecule has 2 aromatic carbocycles. The Balaban J connectivity index is 1.77. The van der Waals surface area contributed by atoms with Crippen molar-refractivity contribution in [1.29, 1.82) is 0 Å². The minimum absolute atomic E-state index is 0.123. The van der Waals surface area contributed by atoms with Gasteiger partial charge >= 0.3 is 0 Å². The first kappa shape index (κ1) is 15.3. The Bertz CT molecular complexity index is 632. The quantitative estimate of drug-likeness (QED) is 0.909. The second kappa shape index (κ2) is 6.69. The summed E-state index contributed by atoms with van der Waals surface area (Å²) >= 11 is 5.91. The number of aromatic hydroxyl groups is 1. The standard InChI is InChI=1S/C18H20ClNO2/c19-15-6-7-16(18(22)8-15)17-11-20(10-14(17)12-21)9-13-4-2-1-3-5-13/h1-8,14,17,21-22H,9-12H2/t14-,17+/m0/s1. The Kier molecular flexibility index (Phi) is 4.67. The molecule has 2 aromatic rings. The van der Waals surface area contributed by atoms with Crippen LogP contribution in [0.15, 0.2) is 48.5 Å². The SMILES string of the molecule is OC[C@@H]1CN(Cc2ccccc2)C[C@H]1c1ccc(Cl)cc1O. The largest absolute Gasteiger partial charge is 0.508 e. The van der Waals surface area contributed by atoms with E-state index in [0.29, 0.717) is 5.02 Å². The molecule has 0 aliphatic carbocycles. The van der Waals surface area contributed by atoms with Gasteiger partial charge in [-0.25, -0.2) is 0 Å². The van der Waals surface area contributed by atoms with Crippen molar-refractivity contribution in [1.82, 2.24) is 4.90 Å². The van der Waals surface area contributed by atoms with Crippen LogP contribution in [0.2, 0.25) is 5.02 Å². The summed E-state index contributed by atoms with van der Waals surface area (Å²) in [5, 5.41) is 20.4. The smallest absolute Gasteiger partial charge is 0.120 e. The number of phenolic OH excluding ortho intramolecular Hbond substituents is 1. The number of rotatable bonds is 4. The maximum Gasteiger partial charge on any atom is 0.120 e. The topological polar surface area (TPSA) is 43.7 Å². The highest BCUT2D eigenvalue weighted by Gasteiger charge is 2.34. The van der Waals surface area contributed by atoms with E-state index in [0.717, 1.165) is 25.2 Å². The number of nitrogens with zero attached hydrogens (tertiary/aromatic N) is 1. The van der Waals surface area contributed by atoms with Gasteiger partial charge in [0.25, 0.3) is 0 Å². The second-order valence-corrected chi connectivity index (χ2v) is 6.37. The van der Waals surface area contributed by atoms with E-state index in [1.54, 1.807) is 12.1 Å². The fraction of sp³-hybridized carbons (Fsp3) is 0.333. The molecule has 1 fully saturated rings. The van der Waals surface area contributed by atoms with Crippen molar-refractivity contribution < 1.29 is 10.2 Å². The van der Waals surface area contributed by atoms with E-state index in [-0.39, 0.29) is 24.2 Å². The third-order valence-electron chi connectivity index (χ3n) is 4.39. The molecule has 1 aliphatic heterocycles. The molecular formula is C18H20ClNO2. The van der Waals surface area contributed by atoms with E-state index in [1.165, 1.54) is 5.56 Å². The zero-order valence-electron chi connectivity index (χ0n) is 12.3. The number of hydrogen-bond donors (Lipinski definition) is 2. The van der Waals surface area contributed by atoms with Gasteiger partial charge in [0, 0.05) is 43.1 Å². The summed E-state index contributed by atoms with van der Waals surface area (Å²) in [6, 6.07) is 15.6. The van der Waals surface area contributed by atoms with Crippen molar-refractivity contribution >= 4 is 11.6 Å². The van der Waals surface area contributed by atoms with Crippen LogP contribution < -0.4 is 0 Å². The molecule has 1 heterocycles. The van der Waals surface area contributed by atoms with Crippen LogP contribution in [0.3, 0.4) is 0 Å². The van der Waals surface area contributed by atoms with Crippen molar-refractivity contribution in [2.75, 3.05) is 19.7 Å². The van der Waals surface area contributed by atoms with Crippen LogP contribution in [-0.4, -0.2) is 34.8 Å². The molecule has 0 unspecified atom stereocenters. The molecule has 0 amide bonds. The van der Waals surface area contributed by atoms with Crippen LogP contribution in [0.1, 0.15) is 17.0 Å². The van der Waals surface area contributed by atoms with Gasteiger partial charge in [-0.1, -0.05) is 48.0 Å². The zero-order chi connectivity index (χ0) is 15.5. The minimum atomic E-state index is 0.123. The van der Waals surface area contributed by atoms with Gasteiger partial charge in [-0.2, -0.15) is 0 Å². The van der Waals surface area contributed by atoms with Crippen molar-refractivity contribution in [3.05, 3.63) is 64.7 Å². The van der Waals surface area contributed by atoms with Gasteiger partial charge in [-0.3, -0.25) is 4.90 Å². The highest BCUT2D eigenvalue weighted by atomic mass is 35.5. The van der Waals surface area contributed by atoms with E-state index >= 15 is 0 Å². The summed E-state index contributed by atoms with van der Waals surface area (Å²) in [5.41, 5.74) is 2.14. The van der Waals surface area contributed by atoms with Crippen molar-refractivity contribution in [3.8, 4) is 5.75 Å². The molecule has 0 aromatic heterocycles. The molecule has 116 valence electrons. The second-order valence-electron chi connectivity index (χ2n) is 5.93. The van der Waals surface area contributed by atoms with Crippen LogP contribution in [0.5, 0.6) is 5.75 Å². The Morgan fingerprint density at radius 2 is 1.86 bits per heavy atom. The lowest BCUT2D eigenvalue weighted by molar-refractivity contribution is 0.213. The normalized spacial score (nSPS) is 22.1. The fourth-order valence-electron chi connectivity index (χ4n) is 3.30. The lowest BCUT2D eigenvalue weighted by atomic mass is 9.89. The summed E-state index contributed by atoms with van der Waals surface area (Å²) in [4.78, 5) is 2.33. The summed E-state index contributed by atoms with van der Waals surface area (Å²) in [5.74, 6) is 0.485. The first-order valence-electron chi connectivity index (χ1n) is 7.53. The highest BCUT2D eigenvalue weighted by Crippen LogP contribution is 2.38. The zero-order valence-corrected chi connectivity index (χ0v) is 13.1. The number of aliphatic hydroxyl groups is 1. The van der Waals surface area contributed by atoms with Gasteiger partial charge in [0.15, 0.2) is 0 Å². The average Bonchev–Trinajstić information content (AvgIpc) is 2.91. The molecular weight excluding hydrogens is 298 g/mol. The van der Waals surface area contributed by atoms with E-state index in [1.807, 2.05) is 24.3 Å². The molecule has 4 heteroatoms. The van der Waals surface area contributed by atoms with Gasteiger partial charge in [0.1, 0.15) is 5.75 Å². The average molecular weight is 318 g/mol. The van der Waals surface area contributed by atoms with Gasteiger partial charge in [-0.15, -0.1) is 0 Å². The Morgan fingerprint density at radius 1 is 1.09 bits per heavy atom. The van der Waals surface area contributed by atoms with E-state index in [9.17, 15) is 10.2 Å². The number of phenols is 1. The first-order chi connectivity index (χ1) is 10.7. The summed E-state index contributed by atoms with van der Waals surface area (Å²) in [7, 11) is 0. The molecule has 2 atom stereocenters. The van der Waals surface area contributed by atoms with Gasteiger partial charge in [0.2, 0.25) is 0 Å². The highest BCUT2D eigenvalue weighted by molar-refractivity contribution is 6.30. The molecule has 0 bridgehead atoms. The van der Waals surface area contributed by atoms with Gasteiger partial charge in [0.05, 0.1) is 0 Å². The summed E-state index contributed by atoms with van der Waals surface area (Å²) in [6.07, 6.45) is 0. The van der Waals surface area contributed by atoms with E-state index in [2.05, 4.69) is 17.0 Å². The van der Waals surface area contributed by atoms with E-state index < -0.39 is 0 Å². The molecule has 0 spiro atoms.